The van der Waals surface area contributed by atoms with Gasteiger partial charge in [-0.3, -0.25) is 14.4 Å². The minimum absolute atomic E-state index is 0.668. The maximum Gasteiger partial charge on any atom is 0.339 e. The molecule has 2 unspecified atom stereocenters. The van der Waals surface area contributed by atoms with E-state index in [1.54, 1.807) is 0 Å². The minimum atomic E-state index is -1.36. The van der Waals surface area contributed by atoms with Gasteiger partial charge in [0.25, 0.3) is 0 Å². The molecule has 1 saturated heterocycles. The highest BCUT2D eigenvalue weighted by atomic mass is 79.9. The van der Waals surface area contributed by atoms with Crippen LogP contribution < -0.4 is 0 Å². The van der Waals surface area contributed by atoms with Gasteiger partial charge in [0.2, 0.25) is 0 Å². The summed E-state index contributed by atoms with van der Waals surface area (Å²) >= 11 is 3.11. The first-order valence-corrected chi connectivity index (χ1v) is 7.48. The van der Waals surface area contributed by atoms with Crippen LogP contribution in [0.25, 0.3) is 0 Å². The Morgan fingerprint density at radius 3 is 1.70 bits per heavy atom. The first-order valence-electron chi connectivity index (χ1n) is 6.56. The van der Waals surface area contributed by atoms with Gasteiger partial charge in [0, 0.05) is 20.8 Å². The first kappa shape index (κ1) is 19.4. The molecule has 5 atom stereocenters. The lowest BCUT2D eigenvalue weighted by molar-refractivity contribution is -0.234. The van der Waals surface area contributed by atoms with Crippen molar-refractivity contribution >= 4 is 39.8 Å². The zero-order chi connectivity index (χ0) is 17.7. The summed E-state index contributed by atoms with van der Waals surface area (Å²) in [6, 6.07) is 0. The summed E-state index contributed by atoms with van der Waals surface area (Å²) in [5.74, 6) is -2.95. The van der Waals surface area contributed by atoms with Gasteiger partial charge in [0.05, 0.1) is 7.11 Å². The molecule has 10 heteroatoms. The second-order valence-electron chi connectivity index (χ2n) is 4.65. The number of ether oxygens (including phenoxy) is 5. The number of carbonyl (C=O) groups is 4. The number of methoxy groups -OCH3 is 1. The number of hydrogen-bond acceptors (Lipinski definition) is 9. The Hall–Kier alpha value is -1.68. The Kier molecular flexibility index (Phi) is 6.95. The molecule has 0 radical (unpaired) electrons. The molecule has 23 heavy (non-hydrogen) atoms. The normalized spacial score (nSPS) is 30.0. The largest absolute Gasteiger partial charge is 0.467 e. The molecule has 0 saturated carbocycles. The van der Waals surface area contributed by atoms with Crippen LogP contribution in [-0.4, -0.2) is 60.4 Å². The molecule has 1 heterocycles. The Balaban J connectivity index is 3.21. The molecule has 0 amide bonds. The molecule has 0 N–H and O–H groups in total. The second kappa shape index (κ2) is 8.25. The maximum atomic E-state index is 11.9. The molecular weight excluding hydrogens is 380 g/mol. The lowest BCUT2D eigenvalue weighted by atomic mass is 9.99. The quantitative estimate of drug-likeness (QED) is 0.369. The zero-order valence-corrected chi connectivity index (χ0v) is 14.5. The van der Waals surface area contributed by atoms with Crippen molar-refractivity contribution in [3.63, 3.8) is 0 Å². The van der Waals surface area contributed by atoms with Gasteiger partial charge in [-0.05, 0) is 0 Å². The summed E-state index contributed by atoms with van der Waals surface area (Å²) in [4.78, 5) is 45.8. The molecule has 1 aliphatic rings. The van der Waals surface area contributed by atoms with E-state index in [4.69, 9.17) is 18.9 Å². The molecular formula is C13H17BrO9. The zero-order valence-electron chi connectivity index (χ0n) is 12.9. The lowest BCUT2D eigenvalue weighted by Gasteiger charge is -2.41. The van der Waals surface area contributed by atoms with Gasteiger partial charge < -0.3 is 23.7 Å². The highest BCUT2D eigenvalue weighted by molar-refractivity contribution is 9.09. The average Bonchev–Trinajstić information content (AvgIpc) is 2.43. The van der Waals surface area contributed by atoms with Crippen LogP contribution >= 0.6 is 15.9 Å². The van der Waals surface area contributed by atoms with Gasteiger partial charge >= 0.3 is 23.9 Å². The molecule has 0 spiro atoms. The van der Waals surface area contributed by atoms with E-state index in [-0.39, 0.29) is 0 Å². The van der Waals surface area contributed by atoms with Crippen LogP contribution in [0.4, 0.5) is 0 Å². The van der Waals surface area contributed by atoms with E-state index >= 15 is 0 Å². The van der Waals surface area contributed by atoms with E-state index in [0.717, 1.165) is 27.9 Å². The number of esters is 4. The van der Waals surface area contributed by atoms with Crippen LogP contribution in [0.3, 0.4) is 0 Å². The Morgan fingerprint density at radius 1 is 0.826 bits per heavy atom. The smallest absolute Gasteiger partial charge is 0.339 e. The molecule has 1 fully saturated rings. The van der Waals surface area contributed by atoms with Gasteiger partial charge in [-0.2, -0.15) is 0 Å². The molecule has 0 aliphatic carbocycles. The summed E-state index contributed by atoms with van der Waals surface area (Å²) in [5, 5.41) is -0.980. The fourth-order valence-corrected chi connectivity index (χ4v) is 2.71. The van der Waals surface area contributed by atoms with Crippen molar-refractivity contribution in [1.29, 1.82) is 0 Å². The molecule has 0 aromatic rings. The van der Waals surface area contributed by atoms with Crippen molar-refractivity contribution in [3.05, 3.63) is 0 Å². The first-order chi connectivity index (χ1) is 10.7. The van der Waals surface area contributed by atoms with E-state index in [9.17, 15) is 19.2 Å². The molecule has 0 aromatic carbocycles. The van der Waals surface area contributed by atoms with Gasteiger partial charge in [-0.1, -0.05) is 15.9 Å². The van der Waals surface area contributed by atoms with Gasteiger partial charge in [-0.15, -0.1) is 0 Å². The van der Waals surface area contributed by atoms with Crippen molar-refractivity contribution < 1.29 is 42.9 Å². The third-order valence-corrected chi connectivity index (χ3v) is 3.56. The Bertz CT molecular complexity index is 492. The summed E-state index contributed by atoms with van der Waals surface area (Å²) in [7, 11) is 1.12. The highest BCUT2D eigenvalue weighted by Crippen LogP contribution is 2.31. The average molecular weight is 397 g/mol. The van der Waals surface area contributed by atoms with Crippen molar-refractivity contribution in [2.45, 2.75) is 50.2 Å². The minimum Gasteiger partial charge on any atom is -0.467 e. The van der Waals surface area contributed by atoms with Crippen molar-refractivity contribution in [1.82, 2.24) is 0 Å². The number of rotatable bonds is 4. The Morgan fingerprint density at radius 2 is 1.26 bits per heavy atom. The predicted molar refractivity (Wildman–Crippen MR) is 76.3 cm³/mol. The predicted octanol–water partition coefficient (Wildman–Crippen LogP) is 0.0743. The number of hydrogen-bond donors (Lipinski definition) is 0. The van der Waals surface area contributed by atoms with Crippen molar-refractivity contribution in [2.75, 3.05) is 7.11 Å². The molecule has 9 nitrogen and oxygen atoms in total. The van der Waals surface area contributed by atoms with Crippen molar-refractivity contribution in [2.24, 2.45) is 0 Å². The van der Waals surface area contributed by atoms with Crippen molar-refractivity contribution in [3.8, 4) is 0 Å². The molecule has 130 valence electrons. The lowest BCUT2D eigenvalue weighted by Crippen LogP contribution is -2.61. The standard InChI is InChI=1S/C13H17BrO9/c1-5(15)20-8-9(21-6(2)16)11(13(18)19-4)23-12(14)10(8)22-7(3)17/h8-12H,1-4H3/t8-,9+,10-,11?,12?/m0/s1. The molecule has 1 rings (SSSR count). The SMILES string of the molecule is COC(=O)C1OC(Br)[C@@H](OC(C)=O)[C@@H](OC(C)=O)[C@H]1OC(C)=O. The molecule has 1 aliphatic heterocycles. The topological polar surface area (TPSA) is 114 Å². The van der Waals surface area contributed by atoms with E-state index in [0.29, 0.717) is 0 Å². The van der Waals surface area contributed by atoms with E-state index < -0.39 is 53.3 Å². The molecule has 0 aromatic heterocycles. The monoisotopic (exact) mass is 396 g/mol. The van der Waals surface area contributed by atoms with E-state index in [1.807, 2.05) is 0 Å². The van der Waals surface area contributed by atoms with Gasteiger partial charge in [0.1, 0.15) is 0 Å². The van der Waals surface area contributed by atoms with E-state index in [1.165, 1.54) is 0 Å². The van der Waals surface area contributed by atoms with Gasteiger partial charge in [0.15, 0.2) is 29.4 Å². The highest BCUT2D eigenvalue weighted by Gasteiger charge is 2.53. The van der Waals surface area contributed by atoms with Crippen LogP contribution in [0.2, 0.25) is 0 Å². The third-order valence-electron chi connectivity index (χ3n) is 2.82. The summed E-state index contributed by atoms with van der Waals surface area (Å²) in [5.41, 5.74) is 0. The Labute approximate surface area is 140 Å². The third kappa shape index (κ3) is 5.17. The second-order valence-corrected chi connectivity index (χ2v) is 5.56. The van der Waals surface area contributed by atoms with Crippen LogP contribution in [0.5, 0.6) is 0 Å². The number of alkyl halides is 1. The van der Waals surface area contributed by atoms with Crippen LogP contribution in [0.15, 0.2) is 0 Å². The maximum absolute atomic E-state index is 11.9. The fourth-order valence-electron chi connectivity index (χ4n) is 2.07. The van der Waals surface area contributed by atoms with Crippen LogP contribution in [0.1, 0.15) is 20.8 Å². The number of halogens is 1. The summed E-state index contributed by atoms with van der Waals surface area (Å²) < 4.78 is 25.2. The van der Waals surface area contributed by atoms with E-state index in [2.05, 4.69) is 20.7 Å². The fraction of sp³-hybridized carbons (Fsp3) is 0.692. The van der Waals surface area contributed by atoms with Crippen LogP contribution in [0, 0.1) is 0 Å². The van der Waals surface area contributed by atoms with Crippen LogP contribution in [-0.2, 0) is 42.9 Å². The number of carbonyl (C=O) groups excluding carboxylic acids is 4. The summed E-state index contributed by atoms with van der Waals surface area (Å²) in [6.07, 6.45) is -5.06. The van der Waals surface area contributed by atoms with Gasteiger partial charge in [-0.25, -0.2) is 4.79 Å². The molecule has 0 bridgehead atoms. The summed E-state index contributed by atoms with van der Waals surface area (Å²) in [6.45, 7) is 3.39.